The van der Waals surface area contributed by atoms with Gasteiger partial charge in [-0.15, -0.1) is 0 Å². The minimum Gasteiger partial charge on any atom is -0.480 e. The van der Waals surface area contributed by atoms with Crippen molar-refractivity contribution >= 4 is 28.7 Å². The van der Waals surface area contributed by atoms with Gasteiger partial charge in [-0.2, -0.15) is 0 Å². The van der Waals surface area contributed by atoms with Gasteiger partial charge >= 0.3 is 5.97 Å². The number of aromatic nitrogens is 1. The quantitative estimate of drug-likeness (QED) is 0.455. The summed E-state index contributed by atoms with van der Waals surface area (Å²) in [7, 11) is 0. The third-order valence-electron chi connectivity index (χ3n) is 4.79. The Kier molecular flexibility index (Phi) is 6.46. The molecule has 156 valence electrons. The van der Waals surface area contributed by atoms with Crippen molar-refractivity contribution in [3.8, 4) is 0 Å². The number of halogens is 1. The summed E-state index contributed by atoms with van der Waals surface area (Å²) in [4.78, 5) is 39.2. The number of fused-ring (bicyclic) bond motifs is 1. The summed E-state index contributed by atoms with van der Waals surface area (Å²) in [6.07, 6.45) is 1.66. The highest BCUT2D eigenvalue weighted by atomic mass is 19.1. The molecule has 30 heavy (non-hydrogen) atoms. The standard InChI is InChI=1S/C22H22FN3O4/c1-13(27)25-19(10-14-6-2-4-8-17(14)23)21(28)26-20(22(29)30)11-15-12-24-18-9-5-3-7-16(15)18/h2-9,12,19-20,24H,10-11H2,1H3,(H,25,27)(H,26,28)(H,29,30)/t19-,20+/m0/s1. The molecule has 3 aromatic rings. The first kappa shape index (κ1) is 21.0. The molecule has 8 heteroatoms. The van der Waals surface area contributed by atoms with Crippen molar-refractivity contribution in [1.29, 1.82) is 0 Å². The number of aliphatic carboxylic acids is 1. The van der Waals surface area contributed by atoms with E-state index in [-0.39, 0.29) is 18.4 Å². The second-order valence-corrected chi connectivity index (χ2v) is 7.01. The highest BCUT2D eigenvalue weighted by molar-refractivity contribution is 5.91. The molecule has 0 aliphatic carbocycles. The molecular weight excluding hydrogens is 389 g/mol. The van der Waals surface area contributed by atoms with Crippen LogP contribution in [0.25, 0.3) is 10.9 Å². The number of hydrogen-bond acceptors (Lipinski definition) is 3. The third kappa shape index (κ3) is 5.02. The zero-order valence-corrected chi connectivity index (χ0v) is 16.3. The number of carbonyl (C=O) groups is 3. The van der Waals surface area contributed by atoms with Gasteiger partial charge in [0.1, 0.15) is 17.9 Å². The predicted molar refractivity (Wildman–Crippen MR) is 109 cm³/mol. The fraction of sp³-hybridized carbons (Fsp3) is 0.227. The van der Waals surface area contributed by atoms with Crippen LogP contribution in [0.1, 0.15) is 18.1 Å². The van der Waals surface area contributed by atoms with Crippen LogP contribution in [0.4, 0.5) is 4.39 Å². The van der Waals surface area contributed by atoms with Crippen molar-refractivity contribution < 1.29 is 23.9 Å². The van der Waals surface area contributed by atoms with Crippen LogP contribution in [0.15, 0.2) is 54.7 Å². The molecule has 1 aromatic heterocycles. The van der Waals surface area contributed by atoms with Crippen molar-refractivity contribution in [2.45, 2.75) is 31.8 Å². The topological polar surface area (TPSA) is 111 Å². The van der Waals surface area contributed by atoms with Crippen LogP contribution in [0.5, 0.6) is 0 Å². The highest BCUT2D eigenvalue weighted by Gasteiger charge is 2.27. The molecule has 1 heterocycles. The molecule has 0 aliphatic heterocycles. The fourth-order valence-corrected chi connectivity index (χ4v) is 3.33. The van der Waals surface area contributed by atoms with E-state index in [0.717, 1.165) is 16.5 Å². The molecule has 0 aliphatic rings. The molecule has 0 bridgehead atoms. The molecule has 0 spiro atoms. The molecule has 2 atom stereocenters. The molecule has 2 aromatic carbocycles. The van der Waals surface area contributed by atoms with Crippen LogP contribution >= 0.6 is 0 Å². The summed E-state index contributed by atoms with van der Waals surface area (Å²) >= 11 is 0. The molecule has 2 amide bonds. The lowest BCUT2D eigenvalue weighted by Crippen LogP contribution is -2.52. The Bertz CT molecular complexity index is 1080. The second kappa shape index (κ2) is 9.21. The number of carbonyl (C=O) groups excluding carboxylic acids is 2. The van der Waals surface area contributed by atoms with Crippen LogP contribution in [-0.4, -0.2) is 40.0 Å². The number of aromatic amines is 1. The second-order valence-electron chi connectivity index (χ2n) is 7.01. The number of H-pyrrole nitrogens is 1. The minimum atomic E-state index is -1.21. The first-order valence-corrected chi connectivity index (χ1v) is 9.44. The number of amides is 2. The van der Waals surface area contributed by atoms with Gasteiger partial charge in [0.05, 0.1) is 0 Å². The molecule has 0 unspecified atom stereocenters. The maximum atomic E-state index is 14.0. The monoisotopic (exact) mass is 411 g/mol. The highest BCUT2D eigenvalue weighted by Crippen LogP contribution is 2.19. The molecule has 0 radical (unpaired) electrons. The van der Waals surface area contributed by atoms with Gasteiger partial charge in [-0.1, -0.05) is 36.4 Å². The molecule has 0 saturated carbocycles. The van der Waals surface area contributed by atoms with E-state index >= 15 is 0 Å². The van der Waals surface area contributed by atoms with Crippen molar-refractivity contribution in [3.63, 3.8) is 0 Å². The zero-order chi connectivity index (χ0) is 21.7. The number of hydrogen-bond donors (Lipinski definition) is 4. The average molecular weight is 411 g/mol. The van der Waals surface area contributed by atoms with E-state index in [9.17, 15) is 23.9 Å². The van der Waals surface area contributed by atoms with E-state index in [2.05, 4.69) is 15.6 Å². The summed E-state index contributed by atoms with van der Waals surface area (Å²) in [6.45, 7) is 1.24. The molecule has 3 rings (SSSR count). The number of benzene rings is 2. The van der Waals surface area contributed by atoms with Gasteiger partial charge in [0.25, 0.3) is 0 Å². The third-order valence-corrected chi connectivity index (χ3v) is 4.79. The largest absolute Gasteiger partial charge is 0.480 e. The number of rotatable bonds is 8. The van der Waals surface area contributed by atoms with Gasteiger partial charge in [-0.25, -0.2) is 9.18 Å². The Labute approximate surface area is 172 Å². The lowest BCUT2D eigenvalue weighted by Gasteiger charge is -2.21. The Morgan fingerprint density at radius 3 is 2.33 bits per heavy atom. The van der Waals surface area contributed by atoms with Crippen LogP contribution < -0.4 is 10.6 Å². The number of nitrogens with one attached hydrogen (secondary N) is 3. The summed E-state index contributed by atoms with van der Waals surface area (Å²) in [5.41, 5.74) is 1.84. The average Bonchev–Trinajstić information content (AvgIpc) is 3.11. The van der Waals surface area contributed by atoms with Gasteiger partial charge in [0.2, 0.25) is 11.8 Å². The Morgan fingerprint density at radius 1 is 0.967 bits per heavy atom. The zero-order valence-electron chi connectivity index (χ0n) is 16.3. The fourth-order valence-electron chi connectivity index (χ4n) is 3.33. The van der Waals surface area contributed by atoms with Crippen molar-refractivity contribution in [2.75, 3.05) is 0 Å². The maximum Gasteiger partial charge on any atom is 0.326 e. The first-order chi connectivity index (χ1) is 14.3. The number of carboxylic acids is 1. The molecule has 0 saturated heterocycles. The minimum absolute atomic E-state index is 0.0532. The van der Waals surface area contributed by atoms with Crippen LogP contribution in [0, 0.1) is 5.82 Å². The Balaban J connectivity index is 1.78. The van der Waals surface area contributed by atoms with E-state index in [1.54, 1.807) is 12.3 Å². The van der Waals surface area contributed by atoms with E-state index in [0.29, 0.717) is 0 Å². The van der Waals surface area contributed by atoms with E-state index < -0.39 is 35.7 Å². The summed E-state index contributed by atoms with van der Waals surface area (Å²) in [5.74, 6) is -2.88. The van der Waals surface area contributed by atoms with Crippen molar-refractivity contribution in [3.05, 3.63) is 71.7 Å². The summed E-state index contributed by atoms with van der Waals surface area (Å²) in [6, 6.07) is 11.0. The van der Waals surface area contributed by atoms with E-state index in [1.807, 2.05) is 24.3 Å². The van der Waals surface area contributed by atoms with Crippen molar-refractivity contribution in [2.24, 2.45) is 0 Å². The molecule has 7 nitrogen and oxygen atoms in total. The predicted octanol–water partition coefficient (Wildman–Crippen LogP) is 2.17. The van der Waals surface area contributed by atoms with E-state index in [1.165, 1.54) is 25.1 Å². The van der Waals surface area contributed by atoms with Gasteiger partial charge in [0, 0.05) is 36.9 Å². The van der Waals surface area contributed by atoms with Crippen LogP contribution in [-0.2, 0) is 27.2 Å². The number of para-hydroxylation sites is 1. The SMILES string of the molecule is CC(=O)N[C@@H](Cc1ccccc1F)C(=O)N[C@H](Cc1c[nH]c2ccccc12)C(=O)O. The van der Waals surface area contributed by atoms with Gasteiger partial charge in [-0.05, 0) is 23.3 Å². The summed E-state index contributed by atoms with van der Waals surface area (Å²) < 4.78 is 14.0. The molecule has 4 N–H and O–H groups in total. The van der Waals surface area contributed by atoms with Gasteiger partial charge in [-0.3, -0.25) is 9.59 Å². The van der Waals surface area contributed by atoms with Crippen LogP contribution in [0.2, 0.25) is 0 Å². The first-order valence-electron chi connectivity index (χ1n) is 9.44. The normalized spacial score (nSPS) is 12.9. The smallest absolute Gasteiger partial charge is 0.326 e. The van der Waals surface area contributed by atoms with Gasteiger partial charge < -0.3 is 20.7 Å². The molecule has 0 fully saturated rings. The van der Waals surface area contributed by atoms with Crippen molar-refractivity contribution in [1.82, 2.24) is 15.6 Å². The van der Waals surface area contributed by atoms with Gasteiger partial charge in [0.15, 0.2) is 0 Å². The molecular formula is C22H22FN3O4. The summed E-state index contributed by atoms with van der Waals surface area (Å²) in [5, 5.41) is 15.4. The van der Waals surface area contributed by atoms with Crippen LogP contribution in [0.3, 0.4) is 0 Å². The lowest BCUT2D eigenvalue weighted by atomic mass is 10.0. The maximum absolute atomic E-state index is 14.0. The Morgan fingerprint density at radius 2 is 1.63 bits per heavy atom. The lowest BCUT2D eigenvalue weighted by molar-refractivity contribution is -0.142. The Hall–Kier alpha value is -3.68. The number of carboxylic acid groups (broad SMARTS) is 1. The van der Waals surface area contributed by atoms with E-state index in [4.69, 9.17) is 0 Å².